The molecule has 15 heavy (non-hydrogen) atoms. The number of hydrogen-bond acceptors (Lipinski definition) is 5. The molecule has 0 bridgehead atoms. The van der Waals surface area contributed by atoms with Gasteiger partial charge in [-0.25, -0.2) is 9.97 Å². The molecule has 0 atom stereocenters. The third kappa shape index (κ3) is 3.49. The van der Waals surface area contributed by atoms with Gasteiger partial charge in [-0.1, -0.05) is 22.5 Å². The number of rotatable bonds is 5. The Hall–Kier alpha value is -1.14. The second kappa shape index (κ2) is 5.67. The highest BCUT2D eigenvalue weighted by atomic mass is 79.9. The van der Waals surface area contributed by atoms with Crippen molar-refractivity contribution in [2.24, 2.45) is 0 Å². The second-order valence-electron chi connectivity index (χ2n) is 2.87. The molecule has 0 unspecified atom stereocenters. The molecule has 82 valence electrons. The molecule has 5 nitrogen and oxygen atoms in total. The van der Waals surface area contributed by atoms with Gasteiger partial charge < -0.3 is 15.8 Å². The molecule has 0 aliphatic carbocycles. The minimum Gasteiger partial charge on any atom is -0.481 e. The van der Waals surface area contributed by atoms with Crippen LogP contribution in [-0.4, -0.2) is 23.6 Å². The quantitative estimate of drug-likeness (QED) is 0.839. The van der Waals surface area contributed by atoms with Crippen LogP contribution in [0.5, 0.6) is 5.88 Å². The molecule has 3 N–H and O–H groups in total. The standard InChI is InChI=1S/C9H13BrN4O/c1-6(10)3-12-4-7-8(11)13-5-14-9(7)15-2/h5,12H,1,3-4H2,2H3,(H2,11,13,14). The lowest BCUT2D eigenvalue weighted by Crippen LogP contribution is -2.17. The maximum absolute atomic E-state index is 5.71. The van der Waals surface area contributed by atoms with Crippen molar-refractivity contribution in [3.63, 3.8) is 0 Å². The van der Waals surface area contributed by atoms with E-state index in [9.17, 15) is 0 Å². The Morgan fingerprint density at radius 1 is 1.67 bits per heavy atom. The Morgan fingerprint density at radius 2 is 2.40 bits per heavy atom. The number of anilines is 1. The molecule has 0 radical (unpaired) electrons. The average Bonchev–Trinajstić information content (AvgIpc) is 2.20. The van der Waals surface area contributed by atoms with Crippen LogP contribution in [0.2, 0.25) is 0 Å². The minimum atomic E-state index is 0.425. The summed E-state index contributed by atoms with van der Waals surface area (Å²) in [6.07, 6.45) is 1.38. The van der Waals surface area contributed by atoms with Crippen LogP contribution in [0, 0.1) is 0 Å². The molecule has 0 saturated heterocycles. The molecule has 0 spiro atoms. The predicted molar refractivity (Wildman–Crippen MR) is 62.8 cm³/mol. The van der Waals surface area contributed by atoms with Crippen molar-refractivity contribution in [1.29, 1.82) is 0 Å². The van der Waals surface area contributed by atoms with E-state index < -0.39 is 0 Å². The first-order chi connectivity index (χ1) is 7.15. The maximum Gasteiger partial charge on any atom is 0.222 e. The Morgan fingerprint density at radius 3 is 3.00 bits per heavy atom. The first kappa shape index (κ1) is 11.9. The van der Waals surface area contributed by atoms with E-state index >= 15 is 0 Å². The highest BCUT2D eigenvalue weighted by Crippen LogP contribution is 2.18. The highest BCUT2D eigenvalue weighted by molar-refractivity contribution is 9.11. The Labute approximate surface area is 96.9 Å². The lowest BCUT2D eigenvalue weighted by molar-refractivity contribution is 0.390. The normalized spacial score (nSPS) is 10.0. The van der Waals surface area contributed by atoms with Crippen molar-refractivity contribution in [2.45, 2.75) is 6.54 Å². The van der Waals surface area contributed by atoms with Crippen LogP contribution in [0.15, 0.2) is 17.4 Å². The molecular weight excluding hydrogens is 260 g/mol. The number of hydrogen-bond donors (Lipinski definition) is 2. The maximum atomic E-state index is 5.71. The predicted octanol–water partition coefficient (Wildman–Crippen LogP) is 1.07. The van der Waals surface area contributed by atoms with Crippen molar-refractivity contribution in [3.05, 3.63) is 23.0 Å². The fourth-order valence-corrected chi connectivity index (χ4v) is 1.27. The summed E-state index contributed by atoms with van der Waals surface area (Å²) >= 11 is 3.25. The first-order valence-corrected chi connectivity index (χ1v) is 5.11. The fourth-order valence-electron chi connectivity index (χ4n) is 1.07. The first-order valence-electron chi connectivity index (χ1n) is 4.32. The number of ether oxygens (including phenoxy) is 1. The number of nitrogen functional groups attached to an aromatic ring is 1. The van der Waals surface area contributed by atoms with Crippen molar-refractivity contribution >= 4 is 21.7 Å². The van der Waals surface area contributed by atoms with Crippen LogP contribution in [0.1, 0.15) is 5.56 Å². The van der Waals surface area contributed by atoms with Gasteiger partial charge in [0.2, 0.25) is 5.88 Å². The van der Waals surface area contributed by atoms with Crippen LogP contribution in [-0.2, 0) is 6.54 Å². The van der Waals surface area contributed by atoms with E-state index in [4.69, 9.17) is 10.5 Å². The van der Waals surface area contributed by atoms with E-state index in [1.54, 1.807) is 7.11 Å². The lowest BCUT2D eigenvalue weighted by atomic mass is 10.3. The van der Waals surface area contributed by atoms with E-state index in [0.717, 1.165) is 10.0 Å². The van der Waals surface area contributed by atoms with Crippen molar-refractivity contribution in [1.82, 2.24) is 15.3 Å². The van der Waals surface area contributed by atoms with Gasteiger partial charge in [-0.2, -0.15) is 0 Å². The van der Waals surface area contributed by atoms with Gasteiger partial charge in [-0.15, -0.1) is 0 Å². The van der Waals surface area contributed by atoms with E-state index in [0.29, 0.717) is 24.8 Å². The number of halogens is 1. The molecule has 1 rings (SSSR count). The molecule has 1 aromatic heterocycles. The molecule has 6 heteroatoms. The van der Waals surface area contributed by atoms with Crippen LogP contribution in [0.3, 0.4) is 0 Å². The second-order valence-corrected chi connectivity index (χ2v) is 3.99. The third-order valence-electron chi connectivity index (χ3n) is 1.75. The summed E-state index contributed by atoms with van der Waals surface area (Å²) < 4.78 is 5.95. The molecule has 0 aliphatic rings. The van der Waals surface area contributed by atoms with Gasteiger partial charge in [-0.3, -0.25) is 0 Å². The molecule has 0 saturated carbocycles. The molecule has 0 fully saturated rings. The number of methoxy groups -OCH3 is 1. The van der Waals surface area contributed by atoms with E-state index in [2.05, 4.69) is 37.8 Å². The lowest BCUT2D eigenvalue weighted by Gasteiger charge is -2.09. The summed E-state index contributed by atoms with van der Waals surface area (Å²) in [6.45, 7) is 4.90. The molecular formula is C9H13BrN4O. The summed E-state index contributed by atoms with van der Waals surface area (Å²) in [4.78, 5) is 7.87. The molecule has 0 aliphatic heterocycles. The van der Waals surface area contributed by atoms with Crippen molar-refractivity contribution < 1.29 is 4.74 Å². The van der Waals surface area contributed by atoms with Crippen LogP contribution in [0.4, 0.5) is 5.82 Å². The zero-order valence-electron chi connectivity index (χ0n) is 8.46. The van der Waals surface area contributed by atoms with E-state index in [1.807, 2.05) is 0 Å². The monoisotopic (exact) mass is 272 g/mol. The summed E-state index contributed by atoms with van der Waals surface area (Å²) in [5, 5.41) is 3.13. The third-order valence-corrected chi connectivity index (χ3v) is 2.03. The summed E-state index contributed by atoms with van der Waals surface area (Å²) in [5.74, 6) is 0.921. The molecule has 1 aromatic rings. The smallest absolute Gasteiger partial charge is 0.222 e. The summed E-state index contributed by atoms with van der Waals surface area (Å²) in [5.41, 5.74) is 6.47. The summed E-state index contributed by atoms with van der Waals surface area (Å²) in [6, 6.07) is 0. The highest BCUT2D eigenvalue weighted by Gasteiger charge is 2.08. The number of nitrogens with two attached hydrogens (primary N) is 1. The Balaban J connectivity index is 2.70. The van der Waals surface area contributed by atoms with Crippen molar-refractivity contribution in [2.75, 3.05) is 19.4 Å². The minimum absolute atomic E-state index is 0.425. The summed E-state index contributed by atoms with van der Waals surface area (Å²) in [7, 11) is 1.55. The Kier molecular flexibility index (Phi) is 4.51. The van der Waals surface area contributed by atoms with E-state index in [1.165, 1.54) is 6.33 Å². The van der Waals surface area contributed by atoms with Crippen LogP contribution in [0.25, 0.3) is 0 Å². The molecule has 1 heterocycles. The van der Waals surface area contributed by atoms with Crippen LogP contribution >= 0.6 is 15.9 Å². The largest absolute Gasteiger partial charge is 0.481 e. The fraction of sp³-hybridized carbons (Fsp3) is 0.333. The number of nitrogens with zero attached hydrogens (tertiary/aromatic N) is 2. The Bertz CT molecular complexity index is 356. The van der Waals surface area contributed by atoms with Gasteiger partial charge in [0, 0.05) is 17.6 Å². The van der Waals surface area contributed by atoms with Gasteiger partial charge in [0.05, 0.1) is 12.7 Å². The van der Waals surface area contributed by atoms with Gasteiger partial charge >= 0.3 is 0 Å². The number of aromatic nitrogens is 2. The van der Waals surface area contributed by atoms with Gasteiger partial charge in [0.25, 0.3) is 0 Å². The van der Waals surface area contributed by atoms with Gasteiger partial charge in [-0.05, 0) is 0 Å². The molecule has 0 aromatic carbocycles. The van der Waals surface area contributed by atoms with Gasteiger partial charge in [0.1, 0.15) is 12.1 Å². The SMILES string of the molecule is C=C(Br)CNCc1c(N)ncnc1OC. The number of nitrogens with one attached hydrogen (secondary N) is 1. The van der Waals surface area contributed by atoms with Crippen molar-refractivity contribution in [3.8, 4) is 5.88 Å². The molecule has 0 amide bonds. The van der Waals surface area contributed by atoms with E-state index in [-0.39, 0.29) is 0 Å². The average molecular weight is 273 g/mol. The topological polar surface area (TPSA) is 73.1 Å². The van der Waals surface area contributed by atoms with Crippen LogP contribution < -0.4 is 15.8 Å². The zero-order chi connectivity index (χ0) is 11.3. The zero-order valence-corrected chi connectivity index (χ0v) is 10.0. The van der Waals surface area contributed by atoms with Gasteiger partial charge in [0.15, 0.2) is 0 Å².